The number of carbonyl (C=O) groups excluding carboxylic acids is 1. The van der Waals surface area contributed by atoms with E-state index in [1.54, 1.807) is 0 Å². The number of methoxy groups -OCH3 is 1. The van der Waals surface area contributed by atoms with Crippen molar-refractivity contribution in [3.63, 3.8) is 0 Å². The molecule has 2 aliphatic rings. The number of rotatable bonds is 1. The minimum absolute atomic E-state index is 0.0442. The molecule has 1 saturated carbocycles. The fraction of sp³-hybridized carbons (Fsp3) is 0.929. The molecule has 3 heteroatoms. The second-order valence-corrected chi connectivity index (χ2v) is 7.27. The van der Waals surface area contributed by atoms with E-state index in [9.17, 15) is 4.79 Å². The summed E-state index contributed by atoms with van der Waals surface area (Å²) < 4.78 is 26.1. The van der Waals surface area contributed by atoms with Gasteiger partial charge < -0.3 is 9.64 Å². The summed E-state index contributed by atoms with van der Waals surface area (Å²) in [6.45, 7) is 8.14. The highest BCUT2D eigenvalue weighted by molar-refractivity contribution is 5.76. The van der Waals surface area contributed by atoms with Crippen molar-refractivity contribution in [3.8, 4) is 0 Å². The number of ether oxygens (including phenoxy) is 1. The van der Waals surface area contributed by atoms with Crippen LogP contribution in [0.3, 0.4) is 0 Å². The standard InChI is InChI=1S/C14H25NO2/c1-12-6-13(2,10-15(4)9-12)8-14(3,7-12)11(16)17-5/h6-10H2,1-5H3/t12-,13+,14?/i5D3. The van der Waals surface area contributed by atoms with E-state index in [2.05, 4.69) is 25.8 Å². The number of fused-ring (bicyclic) bond motifs is 2. The number of hydrogen-bond acceptors (Lipinski definition) is 3. The van der Waals surface area contributed by atoms with E-state index < -0.39 is 18.4 Å². The first kappa shape index (κ1) is 9.37. The predicted molar refractivity (Wildman–Crippen MR) is 67.7 cm³/mol. The van der Waals surface area contributed by atoms with Crippen LogP contribution in [0.15, 0.2) is 0 Å². The summed E-state index contributed by atoms with van der Waals surface area (Å²) in [6.07, 6.45) is 2.46. The number of piperidine rings is 1. The van der Waals surface area contributed by atoms with Gasteiger partial charge in [0.1, 0.15) is 0 Å². The Kier molecular flexibility index (Phi) is 2.05. The van der Waals surface area contributed by atoms with E-state index in [-0.39, 0.29) is 10.8 Å². The molecule has 0 aromatic carbocycles. The average molecular weight is 242 g/mol. The lowest BCUT2D eigenvalue weighted by atomic mass is 9.52. The Morgan fingerprint density at radius 3 is 2.18 bits per heavy atom. The summed E-state index contributed by atoms with van der Waals surface area (Å²) >= 11 is 0. The van der Waals surface area contributed by atoms with E-state index in [1.165, 1.54) is 0 Å². The summed E-state index contributed by atoms with van der Waals surface area (Å²) in [6, 6.07) is 0. The smallest absolute Gasteiger partial charge is 0.311 e. The van der Waals surface area contributed by atoms with Crippen LogP contribution in [0.5, 0.6) is 0 Å². The Morgan fingerprint density at radius 1 is 1.18 bits per heavy atom. The van der Waals surface area contributed by atoms with Crippen molar-refractivity contribution in [1.29, 1.82) is 0 Å². The van der Waals surface area contributed by atoms with Crippen molar-refractivity contribution in [2.45, 2.75) is 40.0 Å². The minimum Gasteiger partial charge on any atom is -0.469 e. The van der Waals surface area contributed by atoms with Crippen molar-refractivity contribution < 1.29 is 13.6 Å². The van der Waals surface area contributed by atoms with E-state index in [1.807, 2.05) is 6.92 Å². The summed E-state index contributed by atoms with van der Waals surface area (Å²) in [4.78, 5) is 14.7. The summed E-state index contributed by atoms with van der Waals surface area (Å²) in [5.41, 5.74) is -0.609. The molecular formula is C14H25NO2. The molecule has 0 amide bonds. The van der Waals surface area contributed by atoms with Gasteiger partial charge in [0.25, 0.3) is 0 Å². The quantitative estimate of drug-likeness (QED) is 0.661. The lowest BCUT2D eigenvalue weighted by Gasteiger charge is -2.57. The van der Waals surface area contributed by atoms with E-state index >= 15 is 0 Å². The van der Waals surface area contributed by atoms with Gasteiger partial charge in [0.15, 0.2) is 0 Å². The van der Waals surface area contributed by atoms with Gasteiger partial charge in [0.2, 0.25) is 0 Å². The molecule has 1 aliphatic heterocycles. The lowest BCUT2D eigenvalue weighted by molar-refractivity contribution is -0.166. The highest BCUT2D eigenvalue weighted by Crippen LogP contribution is 2.57. The number of hydrogen-bond donors (Lipinski definition) is 0. The molecule has 17 heavy (non-hydrogen) atoms. The Morgan fingerprint density at radius 2 is 1.71 bits per heavy atom. The topological polar surface area (TPSA) is 29.5 Å². The first-order chi connectivity index (χ1) is 8.85. The first-order valence-electron chi connectivity index (χ1n) is 7.77. The van der Waals surface area contributed by atoms with Gasteiger partial charge in [-0.25, -0.2) is 0 Å². The van der Waals surface area contributed by atoms with Crippen LogP contribution in [0.4, 0.5) is 0 Å². The Bertz CT molecular complexity index is 403. The molecule has 0 radical (unpaired) electrons. The second kappa shape index (κ2) is 3.71. The van der Waals surface area contributed by atoms with Gasteiger partial charge in [-0.05, 0) is 44.1 Å². The Balaban J connectivity index is 2.24. The maximum Gasteiger partial charge on any atom is 0.311 e. The monoisotopic (exact) mass is 242 g/mol. The SMILES string of the molecule is [2H]C([2H])([2H])OC(=O)C1(C)C[C@]2(C)CN(C)C[C@](C)(C1)C2. The zero-order valence-corrected chi connectivity index (χ0v) is 11.3. The molecule has 3 nitrogen and oxygen atoms in total. The number of carbonyl (C=O) groups is 1. The van der Waals surface area contributed by atoms with Crippen LogP contribution in [0.25, 0.3) is 0 Å². The molecule has 2 rings (SSSR count). The molecule has 1 aliphatic carbocycles. The molecule has 1 unspecified atom stereocenters. The van der Waals surface area contributed by atoms with Gasteiger partial charge in [-0.3, -0.25) is 4.79 Å². The van der Waals surface area contributed by atoms with Crippen molar-refractivity contribution in [1.82, 2.24) is 4.90 Å². The normalized spacial score (nSPS) is 50.0. The second-order valence-electron chi connectivity index (χ2n) is 7.27. The minimum atomic E-state index is -2.65. The van der Waals surface area contributed by atoms with Gasteiger partial charge in [-0.15, -0.1) is 0 Å². The number of esters is 1. The molecule has 0 aromatic rings. The van der Waals surface area contributed by atoms with Gasteiger partial charge in [-0.2, -0.15) is 0 Å². The fourth-order valence-corrected chi connectivity index (χ4v) is 4.95. The van der Waals surface area contributed by atoms with Crippen molar-refractivity contribution in [2.24, 2.45) is 16.2 Å². The first-order valence-corrected chi connectivity index (χ1v) is 6.27. The number of nitrogens with zero attached hydrogens (tertiary/aromatic N) is 1. The average Bonchev–Trinajstić information content (AvgIpc) is 2.07. The molecule has 98 valence electrons. The molecule has 2 bridgehead atoms. The van der Waals surface area contributed by atoms with Gasteiger partial charge >= 0.3 is 5.97 Å². The molecule has 0 N–H and O–H groups in total. The van der Waals surface area contributed by atoms with Crippen LogP contribution in [-0.2, 0) is 9.53 Å². The van der Waals surface area contributed by atoms with Crippen LogP contribution in [-0.4, -0.2) is 38.0 Å². The molecule has 0 aromatic heterocycles. The van der Waals surface area contributed by atoms with Gasteiger partial charge in [0.05, 0.1) is 16.6 Å². The Labute approximate surface area is 109 Å². The summed E-state index contributed by atoms with van der Waals surface area (Å²) in [5.74, 6) is -0.570. The van der Waals surface area contributed by atoms with E-state index in [0.717, 1.165) is 19.5 Å². The van der Waals surface area contributed by atoms with Crippen LogP contribution in [0, 0.1) is 16.2 Å². The third-order valence-electron chi connectivity index (χ3n) is 4.38. The summed E-state index contributed by atoms with van der Waals surface area (Å²) in [7, 11) is -0.537. The summed E-state index contributed by atoms with van der Waals surface area (Å²) in [5, 5.41) is 0. The third-order valence-corrected chi connectivity index (χ3v) is 4.38. The van der Waals surface area contributed by atoms with Crippen LogP contribution >= 0.6 is 0 Å². The largest absolute Gasteiger partial charge is 0.469 e. The fourth-order valence-electron chi connectivity index (χ4n) is 4.95. The maximum atomic E-state index is 12.3. The predicted octanol–water partition coefficient (Wildman–Crippen LogP) is 2.31. The van der Waals surface area contributed by atoms with E-state index in [4.69, 9.17) is 8.85 Å². The highest BCUT2D eigenvalue weighted by atomic mass is 16.5. The van der Waals surface area contributed by atoms with Crippen LogP contribution in [0.1, 0.15) is 44.1 Å². The zero-order valence-electron chi connectivity index (χ0n) is 14.3. The van der Waals surface area contributed by atoms with Gasteiger partial charge in [-0.1, -0.05) is 13.8 Å². The zero-order chi connectivity index (χ0) is 15.4. The molecule has 2 fully saturated rings. The van der Waals surface area contributed by atoms with Gasteiger partial charge in [0, 0.05) is 13.1 Å². The molecule has 0 spiro atoms. The van der Waals surface area contributed by atoms with Crippen LogP contribution in [0.2, 0.25) is 0 Å². The van der Waals surface area contributed by atoms with Crippen molar-refractivity contribution in [2.75, 3.05) is 27.2 Å². The number of likely N-dealkylation sites (tertiary alicyclic amines) is 1. The molecule has 1 heterocycles. The molecule has 3 atom stereocenters. The van der Waals surface area contributed by atoms with Crippen LogP contribution < -0.4 is 0 Å². The lowest BCUT2D eigenvalue weighted by Crippen LogP contribution is -2.57. The molecular weight excluding hydrogens is 214 g/mol. The maximum absolute atomic E-state index is 12.3. The van der Waals surface area contributed by atoms with Crippen molar-refractivity contribution >= 4 is 5.97 Å². The third kappa shape index (κ3) is 2.22. The Hall–Kier alpha value is -0.570. The van der Waals surface area contributed by atoms with E-state index in [0.29, 0.717) is 12.8 Å². The van der Waals surface area contributed by atoms with Crippen molar-refractivity contribution in [3.05, 3.63) is 0 Å². The molecule has 1 saturated heterocycles. The highest BCUT2D eigenvalue weighted by Gasteiger charge is 2.55.